The number of ether oxygens (including phenoxy) is 1. The Balaban J connectivity index is 2.89. The van der Waals surface area contributed by atoms with Crippen LogP contribution in [0.5, 0.6) is 0 Å². The smallest absolute Gasteiger partial charge is 0.336 e. The maximum atomic E-state index is 11.6. The van der Waals surface area contributed by atoms with E-state index in [0.717, 1.165) is 6.08 Å². The van der Waals surface area contributed by atoms with E-state index in [1.165, 1.54) is 13.0 Å². The molecule has 3 N–H and O–H groups in total. The lowest BCUT2D eigenvalue weighted by molar-refractivity contribution is -0.147. The van der Waals surface area contributed by atoms with Gasteiger partial charge in [0.25, 0.3) is 0 Å². The standard InChI is InChI=1S/C16H18O8/c1-9(2)14(21)24-7-3-5-16(15(22)23)6-4-10(12(17)18)11(8-16)13(19)20/h4,6H,1,3,5,7-8H2,2H3,(H,17,18)(H,19,20)(H,22,23). The Morgan fingerprint density at radius 2 is 1.83 bits per heavy atom. The van der Waals surface area contributed by atoms with Crippen molar-refractivity contribution in [2.75, 3.05) is 6.61 Å². The fourth-order valence-electron chi connectivity index (χ4n) is 2.31. The fraction of sp³-hybridized carbons (Fsp3) is 0.375. The number of aliphatic carboxylic acids is 3. The molecule has 0 aromatic rings. The zero-order valence-electron chi connectivity index (χ0n) is 13.1. The molecule has 1 aliphatic rings. The molecule has 0 aliphatic heterocycles. The quantitative estimate of drug-likeness (QED) is 0.343. The van der Waals surface area contributed by atoms with Crippen molar-refractivity contribution in [1.82, 2.24) is 0 Å². The highest BCUT2D eigenvalue weighted by Crippen LogP contribution is 2.39. The minimum Gasteiger partial charge on any atom is -0.481 e. The summed E-state index contributed by atoms with van der Waals surface area (Å²) in [5, 5.41) is 27.6. The molecule has 0 amide bonds. The highest BCUT2D eigenvalue weighted by molar-refractivity contribution is 6.02. The van der Waals surface area contributed by atoms with Crippen LogP contribution in [0.4, 0.5) is 0 Å². The van der Waals surface area contributed by atoms with Crippen molar-refractivity contribution < 1.29 is 39.2 Å². The Bertz CT molecular complexity index is 655. The van der Waals surface area contributed by atoms with Gasteiger partial charge in [-0.3, -0.25) is 4.79 Å². The van der Waals surface area contributed by atoms with E-state index in [1.54, 1.807) is 0 Å². The van der Waals surface area contributed by atoms with Gasteiger partial charge in [-0.2, -0.15) is 0 Å². The Morgan fingerprint density at radius 1 is 1.21 bits per heavy atom. The van der Waals surface area contributed by atoms with Crippen LogP contribution in [0, 0.1) is 5.41 Å². The summed E-state index contributed by atoms with van der Waals surface area (Å²) in [7, 11) is 0. The van der Waals surface area contributed by atoms with E-state index in [9.17, 15) is 24.3 Å². The van der Waals surface area contributed by atoms with Gasteiger partial charge in [-0.15, -0.1) is 0 Å². The van der Waals surface area contributed by atoms with Crippen LogP contribution in [0.15, 0.2) is 35.5 Å². The first-order chi connectivity index (χ1) is 11.1. The van der Waals surface area contributed by atoms with Crippen LogP contribution in [-0.2, 0) is 23.9 Å². The summed E-state index contributed by atoms with van der Waals surface area (Å²) in [6.45, 7) is 4.84. The molecule has 1 atom stereocenters. The minimum atomic E-state index is -1.55. The molecule has 24 heavy (non-hydrogen) atoms. The molecule has 0 saturated heterocycles. The lowest BCUT2D eigenvalue weighted by atomic mass is 9.73. The third-order valence-electron chi connectivity index (χ3n) is 3.65. The van der Waals surface area contributed by atoms with Gasteiger partial charge in [0.05, 0.1) is 23.2 Å². The first-order valence-corrected chi connectivity index (χ1v) is 7.06. The van der Waals surface area contributed by atoms with Gasteiger partial charge in [0.15, 0.2) is 0 Å². The summed E-state index contributed by atoms with van der Waals surface area (Å²) in [4.78, 5) is 45.2. The summed E-state index contributed by atoms with van der Waals surface area (Å²) in [6, 6.07) is 0. The van der Waals surface area contributed by atoms with E-state index in [2.05, 4.69) is 6.58 Å². The molecule has 8 heteroatoms. The SMILES string of the molecule is C=C(C)C(=O)OCCCC1(C(=O)O)C=CC(C(=O)O)=C(C(=O)O)C1. The predicted octanol–water partition coefficient (Wildman–Crippen LogP) is 1.38. The average molecular weight is 338 g/mol. The van der Waals surface area contributed by atoms with Crippen molar-refractivity contribution in [3.8, 4) is 0 Å². The highest BCUT2D eigenvalue weighted by atomic mass is 16.5. The van der Waals surface area contributed by atoms with E-state index in [4.69, 9.17) is 14.9 Å². The Hall–Kier alpha value is -2.90. The van der Waals surface area contributed by atoms with Crippen molar-refractivity contribution in [3.05, 3.63) is 35.5 Å². The third kappa shape index (κ3) is 4.31. The molecule has 0 aromatic carbocycles. The maximum absolute atomic E-state index is 11.6. The first-order valence-electron chi connectivity index (χ1n) is 7.06. The number of carboxylic acids is 3. The Kier molecular flexibility index (Phi) is 6.05. The average Bonchev–Trinajstić information content (AvgIpc) is 2.50. The van der Waals surface area contributed by atoms with Crippen LogP contribution in [0.2, 0.25) is 0 Å². The number of rotatable bonds is 8. The number of carbonyl (C=O) groups is 4. The molecule has 0 spiro atoms. The molecule has 8 nitrogen and oxygen atoms in total. The molecule has 1 unspecified atom stereocenters. The van der Waals surface area contributed by atoms with Crippen molar-refractivity contribution in [3.63, 3.8) is 0 Å². The second-order valence-corrected chi connectivity index (χ2v) is 5.49. The fourth-order valence-corrected chi connectivity index (χ4v) is 2.31. The Labute approximate surface area is 137 Å². The molecule has 0 radical (unpaired) electrons. The second kappa shape index (κ2) is 7.58. The number of hydrogen-bond acceptors (Lipinski definition) is 5. The van der Waals surface area contributed by atoms with E-state index in [0.29, 0.717) is 0 Å². The lowest BCUT2D eigenvalue weighted by Gasteiger charge is -2.29. The summed E-state index contributed by atoms with van der Waals surface area (Å²) in [5.74, 6) is -4.78. The predicted molar refractivity (Wildman–Crippen MR) is 81.1 cm³/mol. The molecular formula is C16H18O8. The van der Waals surface area contributed by atoms with Crippen LogP contribution >= 0.6 is 0 Å². The van der Waals surface area contributed by atoms with E-state index >= 15 is 0 Å². The van der Waals surface area contributed by atoms with Gasteiger partial charge < -0.3 is 20.1 Å². The first kappa shape index (κ1) is 19.1. The number of carboxylic acid groups (broad SMARTS) is 3. The molecule has 1 aliphatic carbocycles. The second-order valence-electron chi connectivity index (χ2n) is 5.49. The summed E-state index contributed by atoms with van der Waals surface area (Å²) in [6.07, 6.45) is 1.90. The number of carbonyl (C=O) groups excluding carboxylic acids is 1. The van der Waals surface area contributed by atoms with Crippen LogP contribution < -0.4 is 0 Å². The van der Waals surface area contributed by atoms with Gasteiger partial charge in [0.1, 0.15) is 0 Å². The van der Waals surface area contributed by atoms with E-state index < -0.39 is 46.9 Å². The summed E-state index contributed by atoms with van der Waals surface area (Å²) < 4.78 is 4.87. The van der Waals surface area contributed by atoms with Gasteiger partial charge in [-0.25, -0.2) is 14.4 Å². The van der Waals surface area contributed by atoms with Gasteiger partial charge in [-0.1, -0.05) is 12.7 Å². The summed E-state index contributed by atoms with van der Waals surface area (Å²) in [5.41, 5.74) is -2.25. The molecule has 130 valence electrons. The van der Waals surface area contributed by atoms with Crippen molar-refractivity contribution >= 4 is 23.9 Å². The maximum Gasteiger partial charge on any atom is 0.336 e. The normalized spacial score (nSPS) is 19.7. The van der Waals surface area contributed by atoms with E-state index in [-0.39, 0.29) is 25.0 Å². The highest BCUT2D eigenvalue weighted by Gasteiger charge is 2.41. The van der Waals surface area contributed by atoms with E-state index in [1.807, 2.05) is 0 Å². The van der Waals surface area contributed by atoms with Crippen LogP contribution in [0.25, 0.3) is 0 Å². The molecule has 0 saturated carbocycles. The lowest BCUT2D eigenvalue weighted by Crippen LogP contribution is -2.34. The van der Waals surface area contributed by atoms with Gasteiger partial charge in [-0.05, 0) is 32.3 Å². The van der Waals surface area contributed by atoms with Crippen LogP contribution in [-0.4, -0.2) is 45.8 Å². The van der Waals surface area contributed by atoms with Gasteiger partial charge >= 0.3 is 23.9 Å². The zero-order chi connectivity index (χ0) is 18.5. The minimum absolute atomic E-state index is 0.00795. The topological polar surface area (TPSA) is 138 Å². The number of esters is 1. The molecule has 0 fully saturated rings. The van der Waals surface area contributed by atoms with Crippen LogP contribution in [0.3, 0.4) is 0 Å². The molecule has 1 rings (SSSR count). The molecular weight excluding hydrogens is 320 g/mol. The van der Waals surface area contributed by atoms with Gasteiger partial charge in [0.2, 0.25) is 0 Å². The van der Waals surface area contributed by atoms with Crippen molar-refractivity contribution in [2.24, 2.45) is 5.41 Å². The number of hydrogen-bond donors (Lipinski definition) is 3. The molecule has 0 bridgehead atoms. The molecule has 0 heterocycles. The summed E-state index contributed by atoms with van der Waals surface area (Å²) >= 11 is 0. The zero-order valence-corrected chi connectivity index (χ0v) is 13.1. The van der Waals surface area contributed by atoms with Crippen LogP contribution in [0.1, 0.15) is 26.2 Å². The van der Waals surface area contributed by atoms with Gasteiger partial charge in [0, 0.05) is 5.57 Å². The van der Waals surface area contributed by atoms with Crippen molar-refractivity contribution in [2.45, 2.75) is 26.2 Å². The Morgan fingerprint density at radius 3 is 2.29 bits per heavy atom. The largest absolute Gasteiger partial charge is 0.481 e. The molecule has 0 aromatic heterocycles. The third-order valence-corrected chi connectivity index (χ3v) is 3.65. The van der Waals surface area contributed by atoms with Crippen molar-refractivity contribution in [1.29, 1.82) is 0 Å². The monoisotopic (exact) mass is 338 g/mol.